The van der Waals surface area contributed by atoms with Gasteiger partial charge in [0.2, 0.25) is 5.89 Å². The normalized spacial score (nSPS) is 11.3. The molecule has 0 aliphatic heterocycles. The zero-order valence-electron chi connectivity index (χ0n) is 32.6. The number of fused-ring (bicyclic) bond motifs is 2. The number of oxazole rings is 1. The van der Waals surface area contributed by atoms with Gasteiger partial charge in [-0.15, -0.1) is 0 Å². The lowest BCUT2D eigenvalue weighted by Gasteiger charge is -2.08. The predicted octanol–water partition coefficient (Wildman–Crippen LogP) is 14.2. The lowest BCUT2D eigenvalue weighted by Crippen LogP contribution is -1.99. The number of aromatic nitrogens is 4. The molecule has 0 N–H and O–H groups in total. The number of para-hydroxylation sites is 1. The molecule has 5 nitrogen and oxygen atoms in total. The molecule has 3 aromatic heterocycles. The van der Waals surface area contributed by atoms with Crippen LogP contribution in [0.5, 0.6) is 0 Å². The summed E-state index contributed by atoms with van der Waals surface area (Å²) < 4.78 is 8.20. The number of aryl methyl sites for hydroxylation is 1. The van der Waals surface area contributed by atoms with Crippen molar-refractivity contribution in [3.8, 4) is 28.4 Å². The first-order valence-corrected chi connectivity index (χ1v) is 20.4. The SMILES string of the molecule is CCCCCCCCCCCCc1ccc2oc(-c3ccc(-n4nc(C=Cc5ccccc5)cc4-c4ccccc4)cc3)nc2c1.c1ccc2ncccc2c1. The van der Waals surface area contributed by atoms with Crippen LogP contribution in [-0.2, 0) is 6.42 Å². The van der Waals surface area contributed by atoms with Gasteiger partial charge in [-0.25, -0.2) is 9.67 Å². The van der Waals surface area contributed by atoms with E-state index >= 15 is 0 Å². The van der Waals surface area contributed by atoms with E-state index in [1.807, 2.05) is 59.4 Å². The van der Waals surface area contributed by atoms with Gasteiger partial charge in [0.05, 0.1) is 22.6 Å². The molecule has 0 radical (unpaired) electrons. The van der Waals surface area contributed by atoms with Gasteiger partial charge >= 0.3 is 0 Å². The minimum atomic E-state index is 0.646. The number of hydrogen-bond acceptors (Lipinski definition) is 4. The van der Waals surface area contributed by atoms with E-state index in [0.717, 1.165) is 56.8 Å². The molecule has 0 fully saturated rings. The maximum Gasteiger partial charge on any atom is 0.227 e. The first-order chi connectivity index (χ1) is 27.7. The molecule has 8 aromatic rings. The van der Waals surface area contributed by atoms with Crippen LogP contribution >= 0.6 is 0 Å². The Balaban J connectivity index is 0.000000414. The summed E-state index contributed by atoms with van der Waals surface area (Å²) in [7, 11) is 0. The molecule has 0 aliphatic carbocycles. The summed E-state index contributed by atoms with van der Waals surface area (Å²) in [5.74, 6) is 0.646. The van der Waals surface area contributed by atoms with Crippen LogP contribution in [0.1, 0.15) is 88.0 Å². The van der Waals surface area contributed by atoms with E-state index in [1.54, 1.807) is 0 Å². The van der Waals surface area contributed by atoms with Crippen molar-refractivity contribution in [1.29, 1.82) is 0 Å². The second-order valence-corrected chi connectivity index (χ2v) is 14.5. The van der Waals surface area contributed by atoms with E-state index in [-0.39, 0.29) is 0 Å². The topological polar surface area (TPSA) is 56.7 Å². The van der Waals surface area contributed by atoms with Crippen LogP contribution in [0.3, 0.4) is 0 Å². The third-order valence-electron chi connectivity index (χ3n) is 10.2. The molecule has 0 atom stereocenters. The molecule has 0 saturated carbocycles. The fourth-order valence-electron chi connectivity index (χ4n) is 7.07. The highest BCUT2D eigenvalue weighted by Crippen LogP contribution is 2.29. The number of pyridine rings is 1. The van der Waals surface area contributed by atoms with Crippen LogP contribution < -0.4 is 0 Å². The highest BCUT2D eigenvalue weighted by Gasteiger charge is 2.13. The molecule has 0 spiro atoms. The predicted molar refractivity (Wildman–Crippen MR) is 235 cm³/mol. The van der Waals surface area contributed by atoms with Gasteiger partial charge in [0.15, 0.2) is 5.58 Å². The quantitative estimate of drug-likeness (QED) is 0.0927. The van der Waals surface area contributed by atoms with Crippen LogP contribution in [0.2, 0.25) is 0 Å². The Labute approximate surface area is 331 Å². The Hall–Kier alpha value is -6.07. The fourth-order valence-corrected chi connectivity index (χ4v) is 7.07. The van der Waals surface area contributed by atoms with Crippen molar-refractivity contribution < 1.29 is 4.42 Å². The minimum Gasteiger partial charge on any atom is -0.436 e. The Morgan fingerprint density at radius 3 is 2.00 bits per heavy atom. The van der Waals surface area contributed by atoms with Gasteiger partial charge in [0.25, 0.3) is 0 Å². The summed E-state index contributed by atoms with van der Waals surface area (Å²) in [4.78, 5) is 9.05. The Bertz CT molecular complexity index is 2340. The second-order valence-electron chi connectivity index (χ2n) is 14.5. The number of hydrogen-bond donors (Lipinski definition) is 0. The number of nitrogens with zero attached hydrogens (tertiary/aromatic N) is 4. The van der Waals surface area contributed by atoms with Crippen LogP contribution in [0, 0.1) is 0 Å². The lowest BCUT2D eigenvalue weighted by atomic mass is 10.0. The van der Waals surface area contributed by atoms with Gasteiger partial charge in [-0.3, -0.25) is 4.98 Å². The molecule has 56 heavy (non-hydrogen) atoms. The van der Waals surface area contributed by atoms with E-state index in [9.17, 15) is 0 Å². The minimum absolute atomic E-state index is 0.646. The molecule has 3 heterocycles. The van der Waals surface area contributed by atoms with E-state index in [0.29, 0.717) is 5.89 Å². The fraction of sp³-hybridized carbons (Fsp3) is 0.235. The standard InChI is InChI=1S/C42H45N3O.C9H7N/c1-2-3-4-5-6-7-8-9-10-13-20-34-24-30-41-39(31-34)43-42(46-41)36-25-28-38(29-26-36)45-40(35-21-16-12-17-22-35)32-37(44-45)27-23-33-18-14-11-15-19-33;1-2-6-9-8(4-1)5-3-7-10-9/h11-12,14-19,21-32H,2-10,13,20H2,1H3;1-7H. The van der Waals surface area contributed by atoms with Gasteiger partial charge in [0.1, 0.15) is 5.52 Å². The maximum atomic E-state index is 6.19. The van der Waals surface area contributed by atoms with Crippen molar-refractivity contribution in [1.82, 2.24) is 19.7 Å². The smallest absolute Gasteiger partial charge is 0.227 e. The Morgan fingerprint density at radius 1 is 0.571 bits per heavy atom. The van der Waals surface area contributed by atoms with Gasteiger partial charge in [-0.1, -0.05) is 162 Å². The summed E-state index contributed by atoms with van der Waals surface area (Å²) in [5, 5.41) is 6.17. The van der Waals surface area contributed by atoms with Crippen LogP contribution in [0.15, 0.2) is 156 Å². The summed E-state index contributed by atoms with van der Waals surface area (Å²) in [6.07, 6.45) is 20.6. The molecular formula is C51H52N4O. The van der Waals surface area contributed by atoms with Crippen LogP contribution in [0.4, 0.5) is 0 Å². The number of unbranched alkanes of at least 4 members (excludes halogenated alkanes) is 9. The summed E-state index contributed by atoms with van der Waals surface area (Å²) >= 11 is 0. The summed E-state index contributed by atoms with van der Waals surface area (Å²) in [6.45, 7) is 2.28. The van der Waals surface area contributed by atoms with Crippen LogP contribution in [0.25, 0.3) is 62.6 Å². The number of benzene rings is 5. The van der Waals surface area contributed by atoms with Gasteiger partial charge in [0, 0.05) is 22.7 Å². The molecule has 5 heteroatoms. The second kappa shape index (κ2) is 20.0. The molecule has 0 saturated heterocycles. The number of rotatable bonds is 16. The first kappa shape index (κ1) is 38.2. The van der Waals surface area contributed by atoms with E-state index in [4.69, 9.17) is 14.5 Å². The van der Waals surface area contributed by atoms with Gasteiger partial charge < -0.3 is 4.42 Å². The average Bonchev–Trinajstić information content (AvgIpc) is 3.89. The molecule has 0 aliphatic rings. The van der Waals surface area contributed by atoms with E-state index < -0.39 is 0 Å². The average molecular weight is 737 g/mol. The highest BCUT2D eigenvalue weighted by atomic mass is 16.3. The zero-order chi connectivity index (χ0) is 38.2. The molecular weight excluding hydrogens is 685 g/mol. The van der Waals surface area contributed by atoms with Crippen molar-refractivity contribution in [3.05, 3.63) is 169 Å². The van der Waals surface area contributed by atoms with Gasteiger partial charge in [-0.2, -0.15) is 5.10 Å². The Morgan fingerprint density at radius 2 is 1.25 bits per heavy atom. The van der Waals surface area contributed by atoms with Crippen molar-refractivity contribution in [2.24, 2.45) is 0 Å². The lowest BCUT2D eigenvalue weighted by molar-refractivity contribution is 0.556. The third-order valence-corrected chi connectivity index (χ3v) is 10.2. The molecule has 5 aromatic carbocycles. The maximum absolute atomic E-state index is 6.19. The molecule has 0 amide bonds. The van der Waals surface area contributed by atoms with Crippen molar-refractivity contribution >= 4 is 34.2 Å². The van der Waals surface area contributed by atoms with Crippen molar-refractivity contribution in [2.45, 2.75) is 77.6 Å². The molecule has 0 bridgehead atoms. The largest absolute Gasteiger partial charge is 0.436 e. The molecule has 8 rings (SSSR count). The first-order valence-electron chi connectivity index (χ1n) is 20.4. The van der Waals surface area contributed by atoms with Gasteiger partial charge in [-0.05, 0) is 84.6 Å². The summed E-state index contributed by atoms with van der Waals surface area (Å²) in [6, 6.07) is 49.7. The van der Waals surface area contributed by atoms with Crippen LogP contribution in [-0.4, -0.2) is 19.7 Å². The molecule has 282 valence electrons. The van der Waals surface area contributed by atoms with E-state index in [2.05, 4.69) is 121 Å². The third kappa shape index (κ3) is 10.6. The zero-order valence-corrected chi connectivity index (χ0v) is 32.6. The monoisotopic (exact) mass is 736 g/mol. The van der Waals surface area contributed by atoms with E-state index in [1.165, 1.54) is 75.2 Å². The van der Waals surface area contributed by atoms with Crippen molar-refractivity contribution in [2.75, 3.05) is 0 Å². The Kier molecular flexibility index (Phi) is 13.7. The summed E-state index contributed by atoms with van der Waals surface area (Å²) in [5.41, 5.74) is 10.3. The highest BCUT2D eigenvalue weighted by molar-refractivity contribution is 5.78. The molecule has 0 unspecified atom stereocenters. The van der Waals surface area contributed by atoms with Crippen molar-refractivity contribution in [3.63, 3.8) is 0 Å².